The van der Waals surface area contributed by atoms with Gasteiger partial charge in [-0.05, 0) is 31.0 Å². The van der Waals surface area contributed by atoms with Crippen molar-refractivity contribution in [3.05, 3.63) is 70.9 Å². The Kier molecular flexibility index (Phi) is 4.44. The summed E-state index contributed by atoms with van der Waals surface area (Å²) in [7, 11) is 0. The third-order valence-corrected chi connectivity index (χ3v) is 5.15. The Bertz CT molecular complexity index is 958. The molecule has 27 heavy (non-hydrogen) atoms. The number of benzene rings is 2. The highest BCUT2D eigenvalue weighted by Crippen LogP contribution is 2.43. The molecule has 2 N–H and O–H groups in total. The lowest BCUT2D eigenvalue weighted by Gasteiger charge is -2.26. The van der Waals surface area contributed by atoms with Crippen LogP contribution in [0.4, 0.5) is 0 Å². The van der Waals surface area contributed by atoms with Gasteiger partial charge in [0.05, 0.1) is 11.7 Å². The summed E-state index contributed by atoms with van der Waals surface area (Å²) < 4.78 is 0. The summed E-state index contributed by atoms with van der Waals surface area (Å²) in [5.74, 6) is 0.205. The lowest BCUT2D eigenvalue weighted by atomic mass is 9.95. The van der Waals surface area contributed by atoms with Crippen molar-refractivity contribution in [2.45, 2.75) is 32.7 Å². The Morgan fingerprint density at radius 2 is 1.81 bits per heavy atom. The van der Waals surface area contributed by atoms with Gasteiger partial charge in [0.1, 0.15) is 11.4 Å². The average molecular weight is 361 g/mol. The summed E-state index contributed by atoms with van der Waals surface area (Å²) in [6.07, 6.45) is 1.96. The van der Waals surface area contributed by atoms with E-state index >= 15 is 0 Å². The number of H-pyrrole nitrogens is 1. The first-order valence-electron chi connectivity index (χ1n) is 9.35. The fraction of sp³-hybridized carbons (Fsp3) is 0.273. The average Bonchev–Trinajstić information content (AvgIpc) is 3.21. The van der Waals surface area contributed by atoms with Crippen LogP contribution in [0, 0.1) is 6.92 Å². The molecular weight excluding hydrogens is 338 g/mol. The number of hydrogen-bond acceptors (Lipinski definition) is 3. The van der Waals surface area contributed by atoms with E-state index in [1.54, 1.807) is 12.1 Å². The first-order chi connectivity index (χ1) is 13.1. The van der Waals surface area contributed by atoms with Crippen LogP contribution in [0.1, 0.15) is 53.0 Å². The number of aromatic amines is 1. The molecule has 0 saturated carbocycles. The molecule has 2 heterocycles. The van der Waals surface area contributed by atoms with Gasteiger partial charge >= 0.3 is 0 Å². The van der Waals surface area contributed by atoms with Crippen molar-refractivity contribution >= 4 is 5.91 Å². The van der Waals surface area contributed by atoms with E-state index in [4.69, 9.17) is 0 Å². The molecular formula is C22H23N3O2. The first-order valence-corrected chi connectivity index (χ1v) is 9.35. The Hall–Kier alpha value is -3.08. The fourth-order valence-electron chi connectivity index (χ4n) is 3.69. The van der Waals surface area contributed by atoms with Gasteiger partial charge in [-0.1, -0.05) is 55.3 Å². The molecule has 1 aromatic heterocycles. The van der Waals surface area contributed by atoms with Gasteiger partial charge in [-0.25, -0.2) is 0 Å². The Balaban J connectivity index is 1.84. The number of hydrogen-bond donors (Lipinski definition) is 2. The molecule has 0 bridgehead atoms. The largest absolute Gasteiger partial charge is 0.508 e. The molecule has 1 aliphatic heterocycles. The minimum atomic E-state index is -0.199. The van der Waals surface area contributed by atoms with Gasteiger partial charge in [0, 0.05) is 17.7 Å². The third-order valence-electron chi connectivity index (χ3n) is 5.15. The Morgan fingerprint density at radius 1 is 1.11 bits per heavy atom. The number of nitrogens with zero attached hydrogens (tertiary/aromatic N) is 2. The Morgan fingerprint density at radius 3 is 2.48 bits per heavy atom. The number of aryl methyl sites for hydroxylation is 1. The number of carbonyl (C=O) groups excluding carboxylic acids is 1. The Labute approximate surface area is 158 Å². The van der Waals surface area contributed by atoms with E-state index in [-0.39, 0.29) is 17.7 Å². The molecule has 5 nitrogen and oxygen atoms in total. The molecule has 0 fully saturated rings. The second kappa shape index (κ2) is 6.91. The van der Waals surface area contributed by atoms with Gasteiger partial charge in [-0.15, -0.1) is 0 Å². The minimum Gasteiger partial charge on any atom is -0.508 e. The number of rotatable bonds is 5. The van der Waals surface area contributed by atoms with Crippen molar-refractivity contribution in [1.29, 1.82) is 0 Å². The zero-order valence-corrected chi connectivity index (χ0v) is 15.6. The van der Waals surface area contributed by atoms with Crippen LogP contribution in [0.5, 0.6) is 5.75 Å². The van der Waals surface area contributed by atoms with Crippen molar-refractivity contribution in [2.24, 2.45) is 0 Å². The summed E-state index contributed by atoms with van der Waals surface area (Å²) in [5, 5.41) is 17.1. The highest BCUT2D eigenvalue weighted by Gasteiger charge is 2.41. The van der Waals surface area contributed by atoms with E-state index in [2.05, 4.69) is 29.3 Å². The maximum Gasteiger partial charge on any atom is 0.273 e. The lowest BCUT2D eigenvalue weighted by molar-refractivity contribution is 0.0741. The van der Waals surface area contributed by atoms with Crippen LogP contribution >= 0.6 is 0 Å². The molecule has 0 spiro atoms. The predicted molar refractivity (Wildman–Crippen MR) is 105 cm³/mol. The van der Waals surface area contributed by atoms with E-state index < -0.39 is 0 Å². The molecule has 1 unspecified atom stereocenters. The summed E-state index contributed by atoms with van der Waals surface area (Å²) in [4.78, 5) is 15.0. The zero-order valence-electron chi connectivity index (χ0n) is 15.6. The topological polar surface area (TPSA) is 69.2 Å². The number of amides is 1. The van der Waals surface area contributed by atoms with E-state index in [0.29, 0.717) is 12.2 Å². The van der Waals surface area contributed by atoms with Crippen LogP contribution in [0.3, 0.4) is 0 Å². The summed E-state index contributed by atoms with van der Waals surface area (Å²) in [6.45, 7) is 4.86. The number of phenols is 1. The van der Waals surface area contributed by atoms with E-state index in [1.807, 2.05) is 36.1 Å². The summed E-state index contributed by atoms with van der Waals surface area (Å²) in [6, 6.07) is 15.1. The number of carbonyl (C=O) groups is 1. The number of phenolic OH excluding ortho intramolecular Hbond substituents is 1. The first kappa shape index (κ1) is 17.3. The molecule has 1 aliphatic rings. The standard InChI is InChI=1S/C22H23N3O2/c1-3-4-13-25-21(16-9-11-17(26)12-10-16)18-19(23-24-20(18)22(25)27)15-7-5-14(2)6-8-15/h5-12,21,26H,3-4,13H2,1-2H3,(H,23,24). The van der Waals surface area contributed by atoms with Crippen LogP contribution in [0.2, 0.25) is 0 Å². The second-order valence-electron chi connectivity index (χ2n) is 7.07. The molecule has 2 aromatic carbocycles. The van der Waals surface area contributed by atoms with Crippen molar-refractivity contribution < 1.29 is 9.90 Å². The number of aromatic nitrogens is 2. The van der Waals surface area contributed by atoms with Crippen molar-refractivity contribution in [1.82, 2.24) is 15.1 Å². The van der Waals surface area contributed by atoms with Gasteiger partial charge in [0.15, 0.2) is 0 Å². The van der Waals surface area contributed by atoms with Gasteiger partial charge in [0.2, 0.25) is 0 Å². The highest BCUT2D eigenvalue weighted by molar-refractivity contribution is 6.00. The summed E-state index contributed by atoms with van der Waals surface area (Å²) >= 11 is 0. The van der Waals surface area contributed by atoms with Gasteiger partial charge in [-0.3, -0.25) is 9.89 Å². The smallest absolute Gasteiger partial charge is 0.273 e. The maximum absolute atomic E-state index is 13.1. The van der Waals surface area contributed by atoms with Crippen molar-refractivity contribution in [2.75, 3.05) is 6.54 Å². The van der Waals surface area contributed by atoms with Crippen LogP contribution in [-0.4, -0.2) is 32.7 Å². The normalized spacial score (nSPS) is 16.0. The van der Waals surface area contributed by atoms with Crippen molar-refractivity contribution in [3.8, 4) is 17.0 Å². The third kappa shape index (κ3) is 2.99. The van der Waals surface area contributed by atoms with Crippen LogP contribution in [-0.2, 0) is 0 Å². The number of fused-ring (bicyclic) bond motifs is 1. The molecule has 0 radical (unpaired) electrons. The van der Waals surface area contributed by atoms with E-state index in [1.165, 1.54) is 5.56 Å². The van der Waals surface area contributed by atoms with Gasteiger partial charge in [0.25, 0.3) is 5.91 Å². The van der Waals surface area contributed by atoms with Crippen LogP contribution in [0.25, 0.3) is 11.3 Å². The molecule has 138 valence electrons. The molecule has 3 aromatic rings. The monoisotopic (exact) mass is 361 g/mol. The van der Waals surface area contributed by atoms with Crippen LogP contribution < -0.4 is 0 Å². The molecule has 4 rings (SSSR count). The molecule has 1 amide bonds. The van der Waals surface area contributed by atoms with E-state index in [0.717, 1.165) is 35.2 Å². The summed E-state index contributed by atoms with van der Waals surface area (Å²) in [5.41, 5.74) is 5.46. The fourth-order valence-corrected chi connectivity index (χ4v) is 3.69. The SMILES string of the molecule is CCCCN1C(=O)c2[nH]nc(-c3ccc(C)cc3)c2C1c1ccc(O)cc1. The molecule has 0 aliphatic carbocycles. The lowest BCUT2D eigenvalue weighted by Crippen LogP contribution is -2.30. The number of aromatic hydroxyl groups is 1. The quantitative estimate of drug-likeness (QED) is 0.706. The van der Waals surface area contributed by atoms with Gasteiger partial charge < -0.3 is 10.0 Å². The van der Waals surface area contributed by atoms with Crippen molar-refractivity contribution in [3.63, 3.8) is 0 Å². The predicted octanol–water partition coefficient (Wildman–Crippen LogP) is 4.44. The van der Waals surface area contributed by atoms with Gasteiger partial charge in [-0.2, -0.15) is 5.10 Å². The maximum atomic E-state index is 13.1. The van der Waals surface area contributed by atoms with Crippen LogP contribution in [0.15, 0.2) is 48.5 Å². The van der Waals surface area contributed by atoms with E-state index in [9.17, 15) is 9.90 Å². The highest BCUT2D eigenvalue weighted by atomic mass is 16.3. The second-order valence-corrected chi connectivity index (χ2v) is 7.07. The molecule has 1 atom stereocenters. The number of nitrogens with one attached hydrogen (secondary N) is 1. The zero-order chi connectivity index (χ0) is 19.0. The molecule has 5 heteroatoms. The minimum absolute atomic E-state index is 0.0117. The number of unbranched alkanes of at least 4 members (excludes halogenated alkanes) is 1. The molecule has 0 saturated heterocycles.